The third-order valence-electron chi connectivity index (χ3n) is 3.82. The molecule has 0 aromatic heterocycles. The molecule has 1 aliphatic rings. The van der Waals surface area contributed by atoms with Crippen molar-refractivity contribution in [2.45, 2.75) is 25.9 Å². The summed E-state index contributed by atoms with van der Waals surface area (Å²) in [7, 11) is 1.68. The first-order valence-electron chi connectivity index (χ1n) is 6.28. The standard InChI is InChI=1S/C14H21ClN2O/c1-10(2)14(16)8-17(9-14)7-11-6-12(15)4-5-13(11)18-3/h4-6,10H,7-9,16H2,1-3H3. The van der Waals surface area contributed by atoms with Crippen LogP contribution in [0, 0.1) is 5.92 Å². The van der Waals surface area contributed by atoms with Gasteiger partial charge in [-0.3, -0.25) is 4.90 Å². The van der Waals surface area contributed by atoms with E-state index in [9.17, 15) is 0 Å². The third-order valence-corrected chi connectivity index (χ3v) is 4.06. The molecule has 1 aromatic rings. The Bertz CT molecular complexity index is 428. The maximum atomic E-state index is 6.29. The lowest BCUT2D eigenvalue weighted by atomic mass is 9.80. The van der Waals surface area contributed by atoms with Crippen LogP contribution in [0.1, 0.15) is 19.4 Å². The van der Waals surface area contributed by atoms with Gasteiger partial charge in [-0.1, -0.05) is 25.4 Å². The monoisotopic (exact) mass is 268 g/mol. The molecule has 0 atom stereocenters. The zero-order valence-electron chi connectivity index (χ0n) is 11.2. The van der Waals surface area contributed by atoms with Gasteiger partial charge in [0.15, 0.2) is 0 Å². The topological polar surface area (TPSA) is 38.5 Å². The number of hydrogen-bond acceptors (Lipinski definition) is 3. The number of nitrogens with zero attached hydrogens (tertiary/aromatic N) is 1. The van der Waals surface area contributed by atoms with Gasteiger partial charge in [0, 0.05) is 35.8 Å². The maximum Gasteiger partial charge on any atom is 0.123 e. The van der Waals surface area contributed by atoms with Gasteiger partial charge in [-0.25, -0.2) is 0 Å². The predicted molar refractivity (Wildman–Crippen MR) is 75.0 cm³/mol. The van der Waals surface area contributed by atoms with E-state index < -0.39 is 0 Å². The fourth-order valence-electron chi connectivity index (χ4n) is 2.37. The highest BCUT2D eigenvalue weighted by atomic mass is 35.5. The lowest BCUT2D eigenvalue weighted by Crippen LogP contribution is -2.69. The molecule has 0 spiro atoms. The Labute approximate surface area is 114 Å². The minimum atomic E-state index is -0.0359. The number of halogens is 1. The molecule has 0 bridgehead atoms. The fourth-order valence-corrected chi connectivity index (χ4v) is 2.57. The Hall–Kier alpha value is -0.770. The van der Waals surface area contributed by atoms with Crippen LogP contribution in [-0.4, -0.2) is 30.6 Å². The van der Waals surface area contributed by atoms with Gasteiger partial charge in [0.25, 0.3) is 0 Å². The van der Waals surface area contributed by atoms with Crippen LogP contribution in [0.15, 0.2) is 18.2 Å². The molecule has 1 saturated heterocycles. The molecule has 0 amide bonds. The molecule has 0 radical (unpaired) electrons. The average molecular weight is 269 g/mol. The van der Waals surface area contributed by atoms with Crippen molar-refractivity contribution in [3.05, 3.63) is 28.8 Å². The van der Waals surface area contributed by atoms with Crippen molar-refractivity contribution in [2.24, 2.45) is 11.7 Å². The molecule has 1 heterocycles. The number of ether oxygens (including phenoxy) is 1. The average Bonchev–Trinajstić information content (AvgIpc) is 2.27. The minimum absolute atomic E-state index is 0.0359. The lowest BCUT2D eigenvalue weighted by molar-refractivity contribution is 0.0308. The summed E-state index contributed by atoms with van der Waals surface area (Å²) >= 11 is 6.03. The van der Waals surface area contributed by atoms with E-state index in [0.717, 1.165) is 36.0 Å². The number of likely N-dealkylation sites (tertiary alicyclic amines) is 1. The first-order valence-corrected chi connectivity index (χ1v) is 6.66. The molecule has 1 fully saturated rings. The first kappa shape index (κ1) is 13.7. The van der Waals surface area contributed by atoms with Crippen molar-refractivity contribution in [3.8, 4) is 5.75 Å². The molecule has 1 aromatic carbocycles. The van der Waals surface area contributed by atoms with Crippen molar-refractivity contribution in [3.63, 3.8) is 0 Å². The number of hydrogen-bond donors (Lipinski definition) is 1. The molecule has 0 unspecified atom stereocenters. The number of rotatable bonds is 4. The van der Waals surface area contributed by atoms with Gasteiger partial charge in [0.05, 0.1) is 7.11 Å². The van der Waals surface area contributed by atoms with Crippen LogP contribution in [0.5, 0.6) is 5.75 Å². The van der Waals surface area contributed by atoms with E-state index in [1.807, 2.05) is 18.2 Å². The highest BCUT2D eigenvalue weighted by Crippen LogP contribution is 2.30. The quantitative estimate of drug-likeness (QED) is 0.912. The summed E-state index contributed by atoms with van der Waals surface area (Å²) in [6, 6.07) is 5.73. The summed E-state index contributed by atoms with van der Waals surface area (Å²) in [4.78, 5) is 2.33. The molecule has 2 rings (SSSR count). The smallest absolute Gasteiger partial charge is 0.123 e. The van der Waals surface area contributed by atoms with Crippen molar-refractivity contribution in [2.75, 3.05) is 20.2 Å². The van der Waals surface area contributed by atoms with Crippen LogP contribution in [0.4, 0.5) is 0 Å². The minimum Gasteiger partial charge on any atom is -0.496 e. The van der Waals surface area contributed by atoms with Crippen LogP contribution in [0.2, 0.25) is 5.02 Å². The summed E-state index contributed by atoms with van der Waals surface area (Å²) in [6.07, 6.45) is 0. The molecular formula is C14H21ClN2O. The van der Waals surface area contributed by atoms with E-state index in [1.54, 1.807) is 7.11 Å². The predicted octanol–water partition coefficient (Wildman–Crippen LogP) is 2.52. The van der Waals surface area contributed by atoms with Crippen LogP contribution in [0.25, 0.3) is 0 Å². The summed E-state index contributed by atoms with van der Waals surface area (Å²) in [6.45, 7) is 7.06. The van der Waals surface area contributed by atoms with Crippen molar-refractivity contribution in [1.29, 1.82) is 0 Å². The largest absolute Gasteiger partial charge is 0.496 e. The van der Waals surface area contributed by atoms with Gasteiger partial charge in [-0.05, 0) is 24.1 Å². The molecule has 0 saturated carbocycles. The Morgan fingerprint density at radius 3 is 2.67 bits per heavy atom. The molecule has 1 aliphatic heterocycles. The van der Waals surface area contributed by atoms with Crippen LogP contribution in [-0.2, 0) is 6.54 Å². The fraction of sp³-hybridized carbons (Fsp3) is 0.571. The highest BCUT2D eigenvalue weighted by molar-refractivity contribution is 6.30. The zero-order chi connectivity index (χ0) is 13.3. The Morgan fingerprint density at radius 1 is 1.44 bits per heavy atom. The summed E-state index contributed by atoms with van der Waals surface area (Å²) < 4.78 is 5.35. The zero-order valence-corrected chi connectivity index (χ0v) is 12.0. The van der Waals surface area contributed by atoms with Crippen molar-refractivity contribution >= 4 is 11.6 Å². The first-order chi connectivity index (χ1) is 8.44. The summed E-state index contributed by atoms with van der Waals surface area (Å²) in [5.74, 6) is 1.40. The van der Waals surface area contributed by atoms with E-state index in [2.05, 4.69) is 18.7 Å². The van der Waals surface area contributed by atoms with Crippen LogP contribution in [0.3, 0.4) is 0 Å². The maximum absolute atomic E-state index is 6.29. The van der Waals surface area contributed by atoms with Crippen LogP contribution >= 0.6 is 11.6 Å². The molecule has 100 valence electrons. The van der Waals surface area contributed by atoms with E-state index in [-0.39, 0.29) is 5.54 Å². The van der Waals surface area contributed by atoms with Gasteiger partial charge < -0.3 is 10.5 Å². The summed E-state index contributed by atoms with van der Waals surface area (Å²) in [5, 5.41) is 0.745. The van der Waals surface area contributed by atoms with Gasteiger partial charge in [0.1, 0.15) is 5.75 Å². The number of methoxy groups -OCH3 is 1. The molecule has 3 nitrogen and oxygen atoms in total. The third kappa shape index (κ3) is 2.63. The normalized spacial score (nSPS) is 18.8. The number of benzene rings is 1. The number of nitrogens with two attached hydrogens (primary N) is 1. The van der Waals surface area contributed by atoms with Crippen molar-refractivity contribution < 1.29 is 4.74 Å². The van der Waals surface area contributed by atoms with Gasteiger partial charge in [0.2, 0.25) is 0 Å². The van der Waals surface area contributed by atoms with Gasteiger partial charge >= 0.3 is 0 Å². The van der Waals surface area contributed by atoms with E-state index >= 15 is 0 Å². The lowest BCUT2D eigenvalue weighted by Gasteiger charge is -2.50. The van der Waals surface area contributed by atoms with Gasteiger partial charge in [-0.2, -0.15) is 0 Å². The van der Waals surface area contributed by atoms with E-state index in [4.69, 9.17) is 22.1 Å². The Balaban J connectivity index is 2.02. The Morgan fingerprint density at radius 2 is 2.11 bits per heavy atom. The molecule has 2 N–H and O–H groups in total. The van der Waals surface area contributed by atoms with Crippen LogP contribution < -0.4 is 10.5 Å². The second-order valence-electron chi connectivity index (χ2n) is 5.49. The Kier molecular flexibility index (Phi) is 3.85. The van der Waals surface area contributed by atoms with E-state index in [0.29, 0.717) is 5.92 Å². The van der Waals surface area contributed by atoms with Crippen molar-refractivity contribution in [1.82, 2.24) is 4.90 Å². The SMILES string of the molecule is COc1ccc(Cl)cc1CN1CC(N)(C(C)C)C1. The highest BCUT2D eigenvalue weighted by Gasteiger charge is 2.41. The van der Waals surface area contributed by atoms with Gasteiger partial charge in [-0.15, -0.1) is 0 Å². The summed E-state index contributed by atoms with van der Waals surface area (Å²) in [5.41, 5.74) is 7.38. The second kappa shape index (κ2) is 5.08. The molecule has 4 heteroatoms. The van der Waals surface area contributed by atoms with E-state index in [1.165, 1.54) is 0 Å². The molecular weight excluding hydrogens is 248 g/mol. The molecule has 0 aliphatic carbocycles. The molecule has 18 heavy (non-hydrogen) atoms. The second-order valence-corrected chi connectivity index (χ2v) is 5.93.